The fraction of sp³-hybridized carbons (Fsp3) is 0.478. The maximum Gasteiger partial charge on any atom is 0.253 e. The van der Waals surface area contributed by atoms with Crippen molar-refractivity contribution in [1.29, 1.82) is 10.7 Å². The number of rotatable bonds is 10. The molecule has 1 saturated heterocycles. The van der Waals surface area contributed by atoms with E-state index in [1.165, 1.54) is 6.20 Å². The fourth-order valence-electron chi connectivity index (χ4n) is 3.89. The summed E-state index contributed by atoms with van der Waals surface area (Å²) in [7, 11) is 0. The third kappa shape index (κ3) is 7.21. The Labute approximate surface area is 202 Å². The second kappa shape index (κ2) is 11.4. The molecule has 0 radical (unpaired) electrons. The summed E-state index contributed by atoms with van der Waals surface area (Å²) in [4.78, 5) is 26.1. The first-order valence-corrected chi connectivity index (χ1v) is 12.7. The van der Waals surface area contributed by atoms with E-state index in [2.05, 4.69) is 26.3 Å². The molecular weight excluding hydrogens is 454 g/mol. The van der Waals surface area contributed by atoms with Gasteiger partial charge in [0.05, 0.1) is 40.7 Å². The zero-order valence-corrected chi connectivity index (χ0v) is 20.0. The van der Waals surface area contributed by atoms with Crippen molar-refractivity contribution in [3.05, 3.63) is 41.6 Å². The molecule has 0 aromatic heterocycles. The van der Waals surface area contributed by atoms with Crippen LogP contribution in [-0.4, -0.2) is 52.0 Å². The molecule has 1 aromatic carbocycles. The van der Waals surface area contributed by atoms with Crippen LogP contribution >= 0.6 is 0 Å². The number of hydrogen-bond acceptors (Lipinski definition) is 8. The molecule has 10 nitrogen and oxygen atoms in total. The van der Waals surface area contributed by atoms with Gasteiger partial charge in [-0.05, 0) is 43.4 Å². The molecule has 11 heteroatoms. The fourth-order valence-corrected chi connectivity index (χ4v) is 4.36. The van der Waals surface area contributed by atoms with Gasteiger partial charge in [0.2, 0.25) is 5.91 Å². The van der Waals surface area contributed by atoms with E-state index in [-0.39, 0.29) is 29.7 Å². The van der Waals surface area contributed by atoms with Crippen molar-refractivity contribution in [3.8, 4) is 6.07 Å². The van der Waals surface area contributed by atoms with E-state index in [1.54, 1.807) is 6.26 Å². The van der Waals surface area contributed by atoms with Crippen molar-refractivity contribution in [2.24, 2.45) is 11.7 Å². The standard InChI is InChI=1S/C23H31N7O3S/c1-34(33)29-18-6-2-16(3-7-18)15-30-12-9-23(8-11-24,10-13-30)27-14-19(21(26)31)20(25)28-22(32)17-4-5-17/h2-3,6-7,14,17,27,29H,4-5,8-10,12-13,15H2,1H3,(H2,26,31)(H2,25,28,32)/b19-14+. The molecule has 1 atom stereocenters. The molecule has 2 fully saturated rings. The highest BCUT2D eigenvalue weighted by molar-refractivity contribution is 7.92. The summed E-state index contributed by atoms with van der Waals surface area (Å²) in [5.41, 5.74) is 6.71. The minimum Gasteiger partial charge on any atom is -0.593 e. The molecule has 1 unspecified atom stereocenters. The summed E-state index contributed by atoms with van der Waals surface area (Å²) >= 11 is -1.12. The van der Waals surface area contributed by atoms with Gasteiger partial charge in [-0.1, -0.05) is 12.1 Å². The number of benzene rings is 1. The Balaban J connectivity index is 1.59. The first-order valence-electron chi connectivity index (χ1n) is 11.2. The number of piperidine rings is 1. The van der Waals surface area contributed by atoms with Gasteiger partial charge >= 0.3 is 0 Å². The minimum atomic E-state index is -1.12. The quantitative estimate of drug-likeness (QED) is 0.143. The Kier molecular flexibility index (Phi) is 8.55. The van der Waals surface area contributed by atoms with Crippen LogP contribution in [0.1, 0.15) is 37.7 Å². The predicted octanol–water partition coefficient (Wildman–Crippen LogP) is 1.10. The third-order valence-electron chi connectivity index (χ3n) is 6.11. The van der Waals surface area contributed by atoms with Gasteiger partial charge < -0.3 is 20.9 Å². The maximum absolute atomic E-state index is 11.9. The summed E-state index contributed by atoms with van der Waals surface area (Å²) < 4.78 is 14.1. The Morgan fingerprint density at radius 1 is 1.32 bits per heavy atom. The van der Waals surface area contributed by atoms with Gasteiger partial charge in [-0.15, -0.1) is 0 Å². The average molecular weight is 486 g/mol. The molecule has 3 rings (SSSR count). The normalized spacial score (nSPS) is 18.9. The van der Waals surface area contributed by atoms with Crippen LogP contribution in [0.25, 0.3) is 0 Å². The van der Waals surface area contributed by atoms with E-state index in [1.807, 2.05) is 24.3 Å². The van der Waals surface area contributed by atoms with E-state index in [4.69, 9.17) is 11.1 Å². The van der Waals surface area contributed by atoms with Crippen LogP contribution in [0.4, 0.5) is 5.69 Å². The van der Waals surface area contributed by atoms with E-state index >= 15 is 0 Å². The van der Waals surface area contributed by atoms with Crippen molar-refractivity contribution < 1.29 is 14.1 Å². The highest BCUT2D eigenvalue weighted by Gasteiger charge is 2.35. The lowest BCUT2D eigenvalue weighted by molar-refractivity contribution is -0.120. The number of amidine groups is 1. The van der Waals surface area contributed by atoms with Crippen LogP contribution in [0.3, 0.4) is 0 Å². The molecule has 2 amide bonds. The van der Waals surface area contributed by atoms with Crippen molar-refractivity contribution in [2.45, 2.75) is 44.2 Å². The molecular formula is C23H31N7O3S. The van der Waals surface area contributed by atoms with Crippen LogP contribution in [0, 0.1) is 22.7 Å². The summed E-state index contributed by atoms with van der Waals surface area (Å²) in [6, 6.07) is 10.0. The van der Waals surface area contributed by atoms with Gasteiger partial charge in [-0.2, -0.15) is 5.26 Å². The number of amides is 2. The van der Waals surface area contributed by atoms with Gasteiger partial charge in [0, 0.05) is 31.8 Å². The molecule has 1 saturated carbocycles. The second-order valence-electron chi connectivity index (χ2n) is 8.85. The molecule has 6 N–H and O–H groups in total. The summed E-state index contributed by atoms with van der Waals surface area (Å²) in [5, 5.41) is 23.1. The first-order chi connectivity index (χ1) is 16.2. The van der Waals surface area contributed by atoms with Gasteiger partial charge in [0.25, 0.3) is 5.91 Å². The Hall–Kier alpha value is -3.07. The third-order valence-corrected chi connectivity index (χ3v) is 6.63. The molecule has 1 aliphatic carbocycles. The van der Waals surface area contributed by atoms with E-state index in [0.29, 0.717) is 12.8 Å². The number of nitrogens with two attached hydrogens (primary N) is 1. The number of nitriles is 1. The lowest BCUT2D eigenvalue weighted by atomic mass is 9.84. The number of nitrogens with zero attached hydrogens (tertiary/aromatic N) is 2. The average Bonchev–Trinajstić information content (AvgIpc) is 3.62. The number of nitrogens with one attached hydrogen (secondary N) is 4. The molecule has 182 valence electrons. The Morgan fingerprint density at radius 2 is 1.97 bits per heavy atom. The Bertz CT molecular complexity index is 975. The largest absolute Gasteiger partial charge is 0.593 e. The molecule has 1 aliphatic heterocycles. The van der Waals surface area contributed by atoms with Crippen LogP contribution in [0.5, 0.6) is 0 Å². The lowest BCUT2D eigenvalue weighted by Crippen LogP contribution is -2.51. The maximum atomic E-state index is 11.9. The highest BCUT2D eigenvalue weighted by atomic mass is 32.2. The van der Waals surface area contributed by atoms with Crippen LogP contribution < -0.4 is 21.1 Å². The van der Waals surface area contributed by atoms with Crippen molar-refractivity contribution in [2.75, 3.05) is 24.1 Å². The molecule has 1 aromatic rings. The summed E-state index contributed by atoms with van der Waals surface area (Å²) in [6.45, 7) is 2.23. The number of carbonyl (C=O) groups excluding carboxylic acids is 2. The van der Waals surface area contributed by atoms with Gasteiger partial charge in [0.1, 0.15) is 12.1 Å². The first kappa shape index (κ1) is 25.6. The summed E-state index contributed by atoms with van der Waals surface area (Å²) in [6.07, 6.45) is 6.09. The zero-order chi connectivity index (χ0) is 24.7. The smallest absolute Gasteiger partial charge is 0.253 e. The monoisotopic (exact) mass is 485 g/mol. The molecule has 2 aliphatic rings. The van der Waals surface area contributed by atoms with Crippen LogP contribution in [0.15, 0.2) is 36.0 Å². The number of primary amides is 1. The SMILES string of the molecule is C[S+]([O-])Nc1ccc(CN2CCC(CC#N)(N/C=C(\C(=N)NC(=O)C3CC3)C(N)=O)CC2)cc1. The van der Waals surface area contributed by atoms with E-state index in [9.17, 15) is 19.4 Å². The zero-order valence-electron chi connectivity index (χ0n) is 19.2. The molecule has 0 spiro atoms. The number of likely N-dealkylation sites (tertiary alicyclic amines) is 1. The minimum absolute atomic E-state index is 0.0974. The van der Waals surface area contributed by atoms with Gasteiger partial charge in [-0.25, -0.2) is 4.72 Å². The van der Waals surface area contributed by atoms with Crippen LogP contribution in [0.2, 0.25) is 0 Å². The highest BCUT2D eigenvalue weighted by Crippen LogP contribution is 2.29. The number of hydrogen-bond donors (Lipinski definition) is 5. The van der Waals surface area contributed by atoms with Crippen LogP contribution in [-0.2, 0) is 27.5 Å². The lowest BCUT2D eigenvalue weighted by Gasteiger charge is -2.41. The van der Waals surface area contributed by atoms with E-state index in [0.717, 1.165) is 43.7 Å². The van der Waals surface area contributed by atoms with Gasteiger partial charge in [0.15, 0.2) is 0 Å². The second-order valence-corrected chi connectivity index (χ2v) is 9.96. The van der Waals surface area contributed by atoms with Crippen molar-refractivity contribution >= 4 is 34.7 Å². The Morgan fingerprint density at radius 3 is 2.50 bits per heavy atom. The molecule has 34 heavy (non-hydrogen) atoms. The molecule has 0 bridgehead atoms. The topological polar surface area (TPSA) is 170 Å². The van der Waals surface area contributed by atoms with Crippen molar-refractivity contribution in [1.82, 2.24) is 15.5 Å². The molecule has 1 heterocycles. The van der Waals surface area contributed by atoms with Gasteiger partial charge in [-0.3, -0.25) is 19.9 Å². The number of carbonyl (C=O) groups is 2. The number of anilines is 1. The van der Waals surface area contributed by atoms with Crippen molar-refractivity contribution in [3.63, 3.8) is 0 Å². The predicted molar refractivity (Wildman–Crippen MR) is 131 cm³/mol. The summed E-state index contributed by atoms with van der Waals surface area (Å²) in [5.74, 6) is -1.52. The van der Waals surface area contributed by atoms with E-state index < -0.39 is 22.8 Å².